The Morgan fingerprint density at radius 2 is 1.84 bits per heavy atom. The van der Waals surface area contributed by atoms with Gasteiger partial charge in [0.05, 0.1) is 5.56 Å². The fourth-order valence-electron chi connectivity index (χ4n) is 3.26. The van der Waals surface area contributed by atoms with Gasteiger partial charge in [0, 0.05) is 49.0 Å². The Hall–Kier alpha value is -2.44. The molecule has 1 saturated heterocycles. The molecule has 2 aromatic heterocycles. The fraction of sp³-hybridized carbons (Fsp3) is 0.263. The maximum Gasteiger partial charge on any atom is 0.335 e. The Labute approximate surface area is 150 Å². The quantitative estimate of drug-likeness (QED) is 0.780. The zero-order chi connectivity index (χ0) is 17.2. The standard InChI is InChI=1S/C19H19N3O2S/c23-19(24)15-3-1-14(2-4-15)13-21-8-10-22(11-9-21)18-16-6-12-25-17(16)5-7-20-18/h1-7,12H,8-11,13H2,(H,23,24). The molecule has 1 N–H and O–H groups in total. The summed E-state index contributed by atoms with van der Waals surface area (Å²) in [6, 6.07) is 11.4. The molecule has 0 saturated carbocycles. The third-order valence-electron chi connectivity index (χ3n) is 4.64. The molecule has 128 valence electrons. The molecule has 0 bridgehead atoms. The number of carboxylic acids is 1. The molecule has 3 aromatic rings. The van der Waals surface area contributed by atoms with E-state index in [4.69, 9.17) is 5.11 Å². The number of nitrogens with zero attached hydrogens (tertiary/aromatic N) is 3. The van der Waals surface area contributed by atoms with E-state index in [1.54, 1.807) is 23.5 Å². The lowest BCUT2D eigenvalue weighted by Gasteiger charge is -2.35. The Kier molecular flexibility index (Phi) is 4.38. The molecule has 0 aliphatic carbocycles. The molecule has 0 atom stereocenters. The summed E-state index contributed by atoms with van der Waals surface area (Å²) in [6.45, 7) is 4.71. The summed E-state index contributed by atoms with van der Waals surface area (Å²) in [5, 5.41) is 12.3. The second-order valence-electron chi connectivity index (χ2n) is 6.23. The Balaban J connectivity index is 1.40. The largest absolute Gasteiger partial charge is 0.478 e. The fourth-order valence-corrected chi connectivity index (χ4v) is 4.04. The first-order valence-corrected chi connectivity index (χ1v) is 9.20. The first-order chi connectivity index (χ1) is 12.2. The minimum atomic E-state index is -0.879. The Morgan fingerprint density at radius 3 is 2.56 bits per heavy atom. The molecule has 0 amide bonds. The third-order valence-corrected chi connectivity index (χ3v) is 5.52. The van der Waals surface area contributed by atoms with Crippen LogP contribution in [-0.2, 0) is 6.54 Å². The number of piperazine rings is 1. The number of aromatic carboxylic acids is 1. The van der Waals surface area contributed by atoms with Gasteiger partial charge in [-0.25, -0.2) is 9.78 Å². The number of rotatable bonds is 4. The van der Waals surface area contributed by atoms with Crippen molar-refractivity contribution in [1.82, 2.24) is 9.88 Å². The minimum absolute atomic E-state index is 0.337. The molecule has 1 aliphatic heterocycles. The van der Waals surface area contributed by atoms with Crippen LogP contribution in [0.25, 0.3) is 10.1 Å². The lowest BCUT2D eigenvalue weighted by molar-refractivity contribution is 0.0697. The zero-order valence-corrected chi connectivity index (χ0v) is 14.6. The Morgan fingerprint density at radius 1 is 1.08 bits per heavy atom. The number of benzene rings is 1. The van der Waals surface area contributed by atoms with Gasteiger partial charge >= 0.3 is 5.97 Å². The maximum atomic E-state index is 10.9. The van der Waals surface area contributed by atoms with Crippen LogP contribution in [0.4, 0.5) is 5.82 Å². The number of fused-ring (bicyclic) bond motifs is 1. The molecule has 6 heteroatoms. The predicted octanol–water partition coefficient (Wildman–Crippen LogP) is 3.32. The van der Waals surface area contributed by atoms with Crippen molar-refractivity contribution in [1.29, 1.82) is 0 Å². The van der Waals surface area contributed by atoms with Gasteiger partial charge < -0.3 is 10.0 Å². The third kappa shape index (κ3) is 3.36. The van der Waals surface area contributed by atoms with Gasteiger partial charge in [0.15, 0.2) is 0 Å². The van der Waals surface area contributed by atoms with Crippen molar-refractivity contribution in [2.24, 2.45) is 0 Å². The van der Waals surface area contributed by atoms with Gasteiger partial charge in [-0.1, -0.05) is 12.1 Å². The highest BCUT2D eigenvalue weighted by Crippen LogP contribution is 2.29. The maximum absolute atomic E-state index is 10.9. The number of carbonyl (C=O) groups is 1. The van der Waals surface area contributed by atoms with Crippen LogP contribution in [0.15, 0.2) is 48.0 Å². The molecular formula is C19H19N3O2S. The summed E-state index contributed by atoms with van der Waals surface area (Å²) in [6.07, 6.45) is 1.89. The number of hydrogen-bond donors (Lipinski definition) is 1. The van der Waals surface area contributed by atoms with Crippen LogP contribution in [0.3, 0.4) is 0 Å². The van der Waals surface area contributed by atoms with Crippen LogP contribution < -0.4 is 4.90 Å². The molecule has 5 nitrogen and oxygen atoms in total. The molecule has 1 fully saturated rings. The van der Waals surface area contributed by atoms with E-state index in [0.29, 0.717) is 5.56 Å². The van der Waals surface area contributed by atoms with Crippen molar-refractivity contribution >= 4 is 33.2 Å². The topological polar surface area (TPSA) is 56.7 Å². The highest BCUT2D eigenvalue weighted by molar-refractivity contribution is 7.17. The van der Waals surface area contributed by atoms with E-state index in [-0.39, 0.29) is 0 Å². The summed E-state index contributed by atoms with van der Waals surface area (Å²) in [5.41, 5.74) is 1.49. The molecule has 1 aromatic carbocycles. The van der Waals surface area contributed by atoms with Gasteiger partial charge in [-0.15, -0.1) is 11.3 Å². The van der Waals surface area contributed by atoms with Crippen molar-refractivity contribution in [3.8, 4) is 0 Å². The second-order valence-corrected chi connectivity index (χ2v) is 7.18. The Bertz CT molecular complexity index is 883. The molecule has 0 radical (unpaired) electrons. The van der Waals surface area contributed by atoms with E-state index in [2.05, 4.69) is 32.3 Å². The van der Waals surface area contributed by atoms with Crippen LogP contribution in [0.2, 0.25) is 0 Å². The van der Waals surface area contributed by atoms with Crippen molar-refractivity contribution < 1.29 is 9.90 Å². The first kappa shape index (κ1) is 16.1. The van der Waals surface area contributed by atoms with Crippen LogP contribution in [-0.4, -0.2) is 47.1 Å². The van der Waals surface area contributed by atoms with Gasteiger partial charge in [-0.05, 0) is 35.2 Å². The van der Waals surface area contributed by atoms with Crippen LogP contribution in [0, 0.1) is 0 Å². The average Bonchev–Trinajstić information content (AvgIpc) is 3.12. The first-order valence-electron chi connectivity index (χ1n) is 8.32. The van der Waals surface area contributed by atoms with E-state index in [0.717, 1.165) is 44.1 Å². The summed E-state index contributed by atoms with van der Waals surface area (Å²) >= 11 is 1.75. The lowest BCUT2D eigenvalue weighted by atomic mass is 10.1. The average molecular weight is 353 g/mol. The molecule has 3 heterocycles. The van der Waals surface area contributed by atoms with Crippen LogP contribution in [0.1, 0.15) is 15.9 Å². The van der Waals surface area contributed by atoms with Gasteiger partial charge in [0.25, 0.3) is 0 Å². The van der Waals surface area contributed by atoms with Gasteiger partial charge in [-0.3, -0.25) is 4.90 Å². The molecule has 0 spiro atoms. The number of carboxylic acid groups (broad SMARTS) is 1. The SMILES string of the molecule is O=C(O)c1ccc(CN2CCN(c3nccc4sccc34)CC2)cc1. The summed E-state index contributed by atoms with van der Waals surface area (Å²) in [7, 11) is 0. The molecular weight excluding hydrogens is 334 g/mol. The normalized spacial score (nSPS) is 15.6. The van der Waals surface area contributed by atoms with E-state index in [1.807, 2.05) is 18.3 Å². The van der Waals surface area contributed by atoms with Gasteiger partial charge in [0.1, 0.15) is 5.82 Å². The monoisotopic (exact) mass is 353 g/mol. The highest BCUT2D eigenvalue weighted by atomic mass is 32.1. The van der Waals surface area contributed by atoms with E-state index < -0.39 is 5.97 Å². The summed E-state index contributed by atoms with van der Waals surface area (Å²) in [4.78, 5) is 20.3. The second kappa shape index (κ2) is 6.82. The van der Waals surface area contributed by atoms with Crippen LogP contribution in [0.5, 0.6) is 0 Å². The minimum Gasteiger partial charge on any atom is -0.478 e. The number of hydrogen-bond acceptors (Lipinski definition) is 5. The molecule has 0 unspecified atom stereocenters. The number of anilines is 1. The number of aromatic nitrogens is 1. The smallest absolute Gasteiger partial charge is 0.335 e. The summed E-state index contributed by atoms with van der Waals surface area (Å²) in [5.74, 6) is 0.208. The van der Waals surface area contributed by atoms with Crippen molar-refractivity contribution in [3.05, 3.63) is 59.1 Å². The van der Waals surface area contributed by atoms with Gasteiger partial charge in [-0.2, -0.15) is 0 Å². The lowest BCUT2D eigenvalue weighted by Crippen LogP contribution is -2.46. The molecule has 25 heavy (non-hydrogen) atoms. The highest BCUT2D eigenvalue weighted by Gasteiger charge is 2.20. The van der Waals surface area contributed by atoms with Crippen molar-refractivity contribution in [2.45, 2.75) is 6.54 Å². The van der Waals surface area contributed by atoms with Crippen molar-refractivity contribution in [2.75, 3.05) is 31.1 Å². The summed E-state index contributed by atoms with van der Waals surface area (Å²) < 4.78 is 1.28. The number of pyridine rings is 1. The van der Waals surface area contributed by atoms with E-state index in [9.17, 15) is 4.79 Å². The van der Waals surface area contributed by atoms with E-state index >= 15 is 0 Å². The molecule has 4 rings (SSSR count). The van der Waals surface area contributed by atoms with Crippen LogP contribution >= 0.6 is 11.3 Å². The zero-order valence-electron chi connectivity index (χ0n) is 13.8. The molecule has 1 aliphatic rings. The predicted molar refractivity (Wildman–Crippen MR) is 101 cm³/mol. The van der Waals surface area contributed by atoms with E-state index in [1.165, 1.54) is 10.1 Å². The number of thiophene rings is 1. The van der Waals surface area contributed by atoms with Gasteiger partial charge in [0.2, 0.25) is 0 Å². The van der Waals surface area contributed by atoms with Crippen molar-refractivity contribution in [3.63, 3.8) is 0 Å².